The van der Waals surface area contributed by atoms with E-state index < -0.39 is 0 Å². The molecule has 0 fully saturated rings. The van der Waals surface area contributed by atoms with Crippen LogP contribution in [0.15, 0.2) is 34.6 Å². The van der Waals surface area contributed by atoms with Crippen LogP contribution < -0.4 is 0 Å². The highest BCUT2D eigenvalue weighted by Gasteiger charge is 2.20. The highest BCUT2D eigenvalue weighted by Crippen LogP contribution is 2.28. The average Bonchev–Trinajstić information content (AvgIpc) is 2.67. The zero-order valence-corrected chi connectivity index (χ0v) is 8.10. The summed E-state index contributed by atoms with van der Waals surface area (Å²) >= 11 is 0. The second-order valence-corrected chi connectivity index (χ2v) is 3.38. The van der Waals surface area contributed by atoms with Gasteiger partial charge in [0, 0.05) is 12.5 Å². The topological polar surface area (TPSA) is 46.3 Å². The molecule has 1 unspecified atom stereocenters. The molecule has 0 amide bonds. The van der Waals surface area contributed by atoms with Gasteiger partial charge in [-0.1, -0.05) is 24.2 Å². The van der Waals surface area contributed by atoms with Gasteiger partial charge in [-0.25, -0.2) is 0 Å². The molecular weight excluding hydrogens is 178 g/mol. The van der Waals surface area contributed by atoms with Crippen molar-refractivity contribution in [1.29, 1.82) is 0 Å². The maximum absolute atomic E-state index is 9.63. The van der Waals surface area contributed by atoms with Crippen LogP contribution in [0, 0.1) is 0 Å². The number of aromatic nitrogens is 1. The minimum Gasteiger partial charge on any atom is -0.512 e. The van der Waals surface area contributed by atoms with E-state index in [1.54, 1.807) is 6.08 Å². The standard InChI is InChI=1S/C11H13NO2/c1-2-8-7-10(12-14-8)9-5-3-4-6-11(9)13/h3-4,6-7,9,13H,2,5H2,1H3. The summed E-state index contributed by atoms with van der Waals surface area (Å²) in [5.41, 5.74) is 0.819. The first-order valence-electron chi connectivity index (χ1n) is 4.82. The Morgan fingerprint density at radius 3 is 3.14 bits per heavy atom. The van der Waals surface area contributed by atoms with E-state index in [-0.39, 0.29) is 5.92 Å². The predicted molar refractivity (Wildman–Crippen MR) is 53.1 cm³/mol. The van der Waals surface area contributed by atoms with Crippen LogP contribution in [-0.2, 0) is 6.42 Å². The fraction of sp³-hybridized carbons (Fsp3) is 0.364. The number of hydrogen-bond acceptors (Lipinski definition) is 3. The summed E-state index contributed by atoms with van der Waals surface area (Å²) < 4.78 is 5.10. The van der Waals surface area contributed by atoms with Crippen molar-refractivity contribution >= 4 is 0 Å². The van der Waals surface area contributed by atoms with Crippen molar-refractivity contribution in [2.24, 2.45) is 0 Å². The lowest BCUT2D eigenvalue weighted by atomic mass is 9.95. The normalized spacial score (nSPS) is 20.9. The van der Waals surface area contributed by atoms with Gasteiger partial charge in [0.2, 0.25) is 0 Å². The predicted octanol–water partition coefficient (Wildman–Crippen LogP) is 2.72. The number of aliphatic hydroxyl groups excluding tert-OH is 1. The Morgan fingerprint density at radius 2 is 2.50 bits per heavy atom. The molecule has 1 atom stereocenters. The lowest BCUT2D eigenvalue weighted by Gasteiger charge is -2.13. The monoisotopic (exact) mass is 191 g/mol. The third-order valence-electron chi connectivity index (χ3n) is 2.41. The molecular formula is C11H13NO2. The van der Waals surface area contributed by atoms with Gasteiger partial charge >= 0.3 is 0 Å². The summed E-state index contributed by atoms with van der Waals surface area (Å²) in [6.45, 7) is 2.01. The van der Waals surface area contributed by atoms with Crippen molar-refractivity contribution in [3.8, 4) is 0 Å². The third-order valence-corrected chi connectivity index (χ3v) is 2.41. The van der Waals surface area contributed by atoms with Gasteiger partial charge in [-0.05, 0) is 12.5 Å². The first-order valence-corrected chi connectivity index (χ1v) is 4.82. The van der Waals surface area contributed by atoms with Gasteiger partial charge in [0.25, 0.3) is 0 Å². The van der Waals surface area contributed by atoms with E-state index in [9.17, 15) is 5.11 Å². The van der Waals surface area contributed by atoms with Gasteiger partial charge in [-0.2, -0.15) is 0 Å². The Bertz CT molecular complexity index is 376. The van der Waals surface area contributed by atoms with Crippen LogP contribution in [0.2, 0.25) is 0 Å². The number of aryl methyl sites for hydroxylation is 1. The lowest BCUT2D eigenvalue weighted by Crippen LogP contribution is -2.03. The number of aliphatic hydroxyl groups is 1. The SMILES string of the molecule is CCc1cc(C2CC=CC=C2O)no1. The molecule has 3 nitrogen and oxygen atoms in total. The van der Waals surface area contributed by atoms with Crippen LogP contribution >= 0.6 is 0 Å². The minimum absolute atomic E-state index is 0.0240. The van der Waals surface area contributed by atoms with Crippen LogP contribution in [-0.4, -0.2) is 10.3 Å². The molecule has 1 aliphatic rings. The van der Waals surface area contributed by atoms with Crippen LogP contribution in [0.5, 0.6) is 0 Å². The largest absolute Gasteiger partial charge is 0.512 e. The molecule has 14 heavy (non-hydrogen) atoms. The first-order chi connectivity index (χ1) is 6.81. The van der Waals surface area contributed by atoms with Crippen LogP contribution in [0.4, 0.5) is 0 Å². The molecule has 1 heterocycles. The van der Waals surface area contributed by atoms with E-state index in [0.717, 1.165) is 24.3 Å². The van der Waals surface area contributed by atoms with Gasteiger partial charge in [-0.3, -0.25) is 0 Å². The number of hydrogen-bond donors (Lipinski definition) is 1. The van der Waals surface area contributed by atoms with Crippen LogP contribution in [0.25, 0.3) is 0 Å². The molecule has 1 aliphatic carbocycles. The average molecular weight is 191 g/mol. The third kappa shape index (κ3) is 1.58. The molecule has 0 bridgehead atoms. The Morgan fingerprint density at radius 1 is 1.64 bits per heavy atom. The maximum atomic E-state index is 9.63. The Balaban J connectivity index is 2.23. The lowest BCUT2D eigenvalue weighted by molar-refractivity contribution is 0.343. The maximum Gasteiger partial charge on any atom is 0.136 e. The zero-order valence-electron chi connectivity index (χ0n) is 8.10. The van der Waals surface area contributed by atoms with Crippen molar-refractivity contribution in [2.75, 3.05) is 0 Å². The van der Waals surface area contributed by atoms with Crippen molar-refractivity contribution < 1.29 is 9.63 Å². The summed E-state index contributed by atoms with van der Waals surface area (Å²) in [6, 6.07) is 1.91. The molecule has 1 aromatic heterocycles. The summed E-state index contributed by atoms with van der Waals surface area (Å²) in [5, 5.41) is 13.6. The van der Waals surface area contributed by atoms with Crippen LogP contribution in [0.1, 0.15) is 30.7 Å². The van der Waals surface area contributed by atoms with Crippen molar-refractivity contribution in [2.45, 2.75) is 25.7 Å². The summed E-state index contributed by atoms with van der Waals surface area (Å²) in [6.07, 6.45) is 7.20. The molecule has 74 valence electrons. The number of nitrogens with zero attached hydrogens (tertiary/aromatic N) is 1. The Kier molecular flexibility index (Phi) is 2.39. The fourth-order valence-corrected chi connectivity index (χ4v) is 1.55. The minimum atomic E-state index is -0.0240. The first kappa shape index (κ1) is 9.06. The fourth-order valence-electron chi connectivity index (χ4n) is 1.55. The van der Waals surface area contributed by atoms with Crippen LogP contribution in [0.3, 0.4) is 0 Å². The molecule has 0 saturated heterocycles. The number of rotatable bonds is 2. The van der Waals surface area contributed by atoms with Gasteiger partial charge in [0.1, 0.15) is 11.5 Å². The molecule has 0 radical (unpaired) electrons. The van der Waals surface area contributed by atoms with E-state index in [1.165, 1.54) is 0 Å². The summed E-state index contributed by atoms with van der Waals surface area (Å²) in [4.78, 5) is 0. The van der Waals surface area contributed by atoms with Gasteiger partial charge in [0.05, 0.1) is 11.6 Å². The highest BCUT2D eigenvalue weighted by atomic mass is 16.5. The second kappa shape index (κ2) is 3.70. The van der Waals surface area contributed by atoms with Gasteiger partial charge in [0.15, 0.2) is 0 Å². The molecule has 0 aromatic carbocycles. The van der Waals surface area contributed by atoms with Gasteiger partial charge in [-0.15, -0.1) is 0 Å². The molecule has 0 saturated carbocycles. The zero-order chi connectivity index (χ0) is 9.97. The Hall–Kier alpha value is -1.51. The van der Waals surface area contributed by atoms with E-state index in [4.69, 9.17) is 4.52 Å². The summed E-state index contributed by atoms with van der Waals surface area (Å²) in [7, 11) is 0. The molecule has 3 heteroatoms. The summed E-state index contributed by atoms with van der Waals surface area (Å²) in [5.74, 6) is 1.20. The van der Waals surface area contributed by atoms with E-state index in [2.05, 4.69) is 5.16 Å². The van der Waals surface area contributed by atoms with Crippen molar-refractivity contribution in [1.82, 2.24) is 5.16 Å². The van der Waals surface area contributed by atoms with Crippen molar-refractivity contribution in [3.05, 3.63) is 41.5 Å². The van der Waals surface area contributed by atoms with E-state index in [0.29, 0.717) is 5.76 Å². The smallest absolute Gasteiger partial charge is 0.136 e. The van der Waals surface area contributed by atoms with E-state index >= 15 is 0 Å². The Labute approximate surface area is 82.7 Å². The molecule has 0 aliphatic heterocycles. The molecule has 1 aromatic rings. The second-order valence-electron chi connectivity index (χ2n) is 3.38. The van der Waals surface area contributed by atoms with E-state index in [1.807, 2.05) is 25.1 Å². The van der Waals surface area contributed by atoms with Crippen molar-refractivity contribution in [3.63, 3.8) is 0 Å². The highest BCUT2D eigenvalue weighted by molar-refractivity contribution is 5.27. The quantitative estimate of drug-likeness (QED) is 0.781. The number of allylic oxidation sites excluding steroid dienone is 4. The molecule has 2 rings (SSSR count). The molecule has 0 spiro atoms. The van der Waals surface area contributed by atoms with Gasteiger partial charge < -0.3 is 9.63 Å². The molecule has 1 N–H and O–H groups in total.